The Balaban J connectivity index is 1.63. The molecule has 0 saturated heterocycles. The Morgan fingerprint density at radius 3 is 2.50 bits per heavy atom. The van der Waals surface area contributed by atoms with Gasteiger partial charge in [0.15, 0.2) is 5.82 Å². The number of imidazole rings is 1. The van der Waals surface area contributed by atoms with Crippen molar-refractivity contribution >= 4 is 21.7 Å². The molecule has 2 aromatic heterocycles. The Hall–Kier alpha value is -3.92. The van der Waals surface area contributed by atoms with Crippen molar-refractivity contribution in [2.24, 2.45) is 5.73 Å². The summed E-state index contributed by atoms with van der Waals surface area (Å²) >= 11 is 0. The maximum Gasteiger partial charge on any atom is 0.266 e. The minimum atomic E-state index is -3.90. The summed E-state index contributed by atoms with van der Waals surface area (Å²) in [6, 6.07) is 14.1. The number of hydrogen-bond acceptors (Lipinski definition) is 6. The molecule has 10 heteroatoms. The number of hydrogen-bond donors (Lipinski definition) is 2. The van der Waals surface area contributed by atoms with Crippen LogP contribution in [0.2, 0.25) is 0 Å². The van der Waals surface area contributed by atoms with Gasteiger partial charge < -0.3 is 14.8 Å². The Morgan fingerprint density at radius 2 is 1.84 bits per heavy atom. The summed E-state index contributed by atoms with van der Waals surface area (Å²) in [5.41, 5.74) is 8.48. The molecule has 9 nitrogen and oxygen atoms in total. The van der Waals surface area contributed by atoms with Crippen LogP contribution in [-0.2, 0) is 16.6 Å². The zero-order valence-corrected chi connectivity index (χ0v) is 18.3. The van der Waals surface area contributed by atoms with Crippen LogP contribution in [0, 0.1) is 13.8 Å². The van der Waals surface area contributed by atoms with Gasteiger partial charge in [-0.1, -0.05) is 47.6 Å². The van der Waals surface area contributed by atoms with E-state index in [0.717, 1.165) is 11.1 Å². The number of primary amides is 1. The lowest BCUT2D eigenvalue weighted by Gasteiger charge is -2.12. The van der Waals surface area contributed by atoms with Crippen LogP contribution in [0.15, 0.2) is 70.5 Å². The predicted octanol–water partition coefficient (Wildman–Crippen LogP) is 3.10. The van der Waals surface area contributed by atoms with Crippen LogP contribution in [0.4, 0.5) is 5.82 Å². The van der Waals surface area contributed by atoms with Gasteiger partial charge in [0.05, 0.1) is 17.4 Å². The number of aryl methyl sites for hydroxylation is 1. The van der Waals surface area contributed by atoms with Crippen molar-refractivity contribution in [1.29, 1.82) is 0 Å². The lowest BCUT2D eigenvalue weighted by Crippen LogP contribution is -2.16. The predicted molar refractivity (Wildman–Crippen MR) is 119 cm³/mol. The number of nitrogens with one attached hydrogen (secondary N) is 1. The van der Waals surface area contributed by atoms with E-state index in [4.69, 9.17) is 10.3 Å². The van der Waals surface area contributed by atoms with E-state index in [9.17, 15) is 13.2 Å². The molecule has 0 spiro atoms. The van der Waals surface area contributed by atoms with Gasteiger partial charge in [-0.3, -0.25) is 9.52 Å². The summed E-state index contributed by atoms with van der Waals surface area (Å²) in [7, 11) is -3.90. The van der Waals surface area contributed by atoms with Crippen molar-refractivity contribution in [3.63, 3.8) is 0 Å². The highest BCUT2D eigenvalue weighted by atomic mass is 32.2. The third-order valence-electron chi connectivity index (χ3n) is 5.15. The molecular formula is C22H21N5O4S. The number of amides is 1. The molecule has 2 aromatic carbocycles. The molecule has 0 aliphatic carbocycles. The summed E-state index contributed by atoms with van der Waals surface area (Å²) < 4.78 is 35.4. The molecule has 0 unspecified atom stereocenters. The third kappa shape index (κ3) is 4.12. The molecule has 0 bridgehead atoms. The summed E-state index contributed by atoms with van der Waals surface area (Å²) in [5.74, 6) is 0.158. The standard InChI is InChI=1S/C22H21N5O4S/c1-14-15(2)31-25-22(14)26-32(29,30)20-6-4-3-5-18(20)17-9-7-16(8-10-17)12-27-13-24-11-19(27)21(23)28/h3-11,13H,12H2,1-2H3,(H2,23,28)(H,25,26). The molecule has 0 aliphatic rings. The van der Waals surface area contributed by atoms with Crippen LogP contribution in [0.1, 0.15) is 27.4 Å². The fourth-order valence-corrected chi connectivity index (χ4v) is 4.56. The zero-order chi connectivity index (χ0) is 22.9. The number of nitrogens with two attached hydrogens (primary N) is 1. The van der Waals surface area contributed by atoms with Crippen LogP contribution in [0.25, 0.3) is 11.1 Å². The zero-order valence-electron chi connectivity index (χ0n) is 17.4. The van der Waals surface area contributed by atoms with E-state index in [-0.39, 0.29) is 10.7 Å². The summed E-state index contributed by atoms with van der Waals surface area (Å²) in [4.78, 5) is 15.6. The number of sulfonamides is 1. The van der Waals surface area contributed by atoms with E-state index in [0.29, 0.717) is 29.1 Å². The molecule has 32 heavy (non-hydrogen) atoms. The van der Waals surface area contributed by atoms with Gasteiger partial charge in [0.25, 0.3) is 15.9 Å². The largest absolute Gasteiger partial charge is 0.364 e. The van der Waals surface area contributed by atoms with Crippen molar-refractivity contribution in [3.05, 3.63) is 83.6 Å². The number of rotatable bonds is 7. The van der Waals surface area contributed by atoms with E-state index in [1.807, 2.05) is 24.3 Å². The SMILES string of the molecule is Cc1onc(NS(=O)(=O)c2ccccc2-c2ccc(Cn3cncc3C(N)=O)cc2)c1C. The van der Waals surface area contributed by atoms with Crippen molar-refractivity contribution in [2.75, 3.05) is 4.72 Å². The Morgan fingerprint density at radius 1 is 1.12 bits per heavy atom. The van der Waals surface area contributed by atoms with E-state index in [1.54, 1.807) is 42.7 Å². The van der Waals surface area contributed by atoms with Gasteiger partial charge in [-0.25, -0.2) is 13.4 Å². The minimum absolute atomic E-state index is 0.124. The summed E-state index contributed by atoms with van der Waals surface area (Å²) in [5, 5.41) is 3.79. The monoisotopic (exact) mass is 451 g/mol. The Kier molecular flexibility index (Phi) is 5.54. The second kappa shape index (κ2) is 8.31. The van der Waals surface area contributed by atoms with Crippen LogP contribution in [0.5, 0.6) is 0 Å². The molecular weight excluding hydrogens is 430 g/mol. The van der Waals surface area contributed by atoms with Gasteiger partial charge in [-0.2, -0.15) is 0 Å². The molecule has 0 fully saturated rings. The maximum absolute atomic E-state index is 13.1. The lowest BCUT2D eigenvalue weighted by atomic mass is 10.0. The fourth-order valence-electron chi connectivity index (χ4n) is 3.27. The van der Waals surface area contributed by atoms with Crippen molar-refractivity contribution in [3.8, 4) is 11.1 Å². The molecule has 3 N–H and O–H groups in total. The molecule has 0 saturated carbocycles. The average Bonchev–Trinajstić information content (AvgIpc) is 3.36. The highest BCUT2D eigenvalue weighted by Gasteiger charge is 2.22. The van der Waals surface area contributed by atoms with Crippen LogP contribution in [-0.4, -0.2) is 29.0 Å². The van der Waals surface area contributed by atoms with E-state index < -0.39 is 15.9 Å². The Bertz CT molecular complexity index is 1390. The molecule has 2 heterocycles. The topological polar surface area (TPSA) is 133 Å². The van der Waals surface area contributed by atoms with Crippen molar-refractivity contribution in [2.45, 2.75) is 25.3 Å². The van der Waals surface area contributed by atoms with Crippen molar-refractivity contribution < 1.29 is 17.7 Å². The number of carbonyl (C=O) groups is 1. The maximum atomic E-state index is 13.1. The molecule has 1 amide bonds. The summed E-state index contributed by atoms with van der Waals surface area (Å²) in [6.45, 7) is 3.86. The molecule has 0 atom stereocenters. The third-order valence-corrected chi connectivity index (χ3v) is 6.54. The average molecular weight is 452 g/mol. The van der Waals surface area contributed by atoms with Gasteiger partial charge >= 0.3 is 0 Å². The van der Waals surface area contributed by atoms with Crippen LogP contribution < -0.4 is 10.5 Å². The second-order valence-electron chi connectivity index (χ2n) is 7.28. The Labute approximate surface area is 184 Å². The van der Waals surface area contributed by atoms with Gasteiger partial charge in [0.2, 0.25) is 0 Å². The van der Waals surface area contributed by atoms with Gasteiger partial charge in [0, 0.05) is 17.7 Å². The minimum Gasteiger partial charge on any atom is -0.364 e. The van der Waals surface area contributed by atoms with E-state index in [2.05, 4.69) is 14.9 Å². The van der Waals surface area contributed by atoms with E-state index >= 15 is 0 Å². The molecule has 0 radical (unpaired) electrons. The summed E-state index contributed by atoms with van der Waals surface area (Å²) in [6.07, 6.45) is 2.96. The first-order chi connectivity index (χ1) is 15.3. The van der Waals surface area contributed by atoms with Crippen LogP contribution in [0.3, 0.4) is 0 Å². The van der Waals surface area contributed by atoms with Gasteiger partial charge in [0.1, 0.15) is 11.5 Å². The lowest BCUT2D eigenvalue weighted by molar-refractivity contribution is 0.0992. The highest BCUT2D eigenvalue weighted by molar-refractivity contribution is 7.92. The molecule has 0 aliphatic heterocycles. The number of anilines is 1. The first-order valence-corrected chi connectivity index (χ1v) is 11.2. The van der Waals surface area contributed by atoms with E-state index in [1.165, 1.54) is 12.5 Å². The van der Waals surface area contributed by atoms with Crippen molar-refractivity contribution in [1.82, 2.24) is 14.7 Å². The fraction of sp³-hybridized carbons (Fsp3) is 0.136. The second-order valence-corrected chi connectivity index (χ2v) is 8.93. The van der Waals surface area contributed by atoms with Gasteiger partial charge in [-0.05, 0) is 31.0 Å². The quantitative estimate of drug-likeness (QED) is 0.444. The first kappa shape index (κ1) is 21.3. The highest BCUT2D eigenvalue weighted by Crippen LogP contribution is 2.30. The number of carbonyl (C=O) groups excluding carboxylic acids is 1. The van der Waals surface area contributed by atoms with Gasteiger partial charge in [-0.15, -0.1) is 0 Å². The molecule has 4 rings (SSSR count). The normalized spacial score (nSPS) is 11.4. The smallest absolute Gasteiger partial charge is 0.266 e. The van der Waals surface area contributed by atoms with Crippen LogP contribution >= 0.6 is 0 Å². The molecule has 4 aromatic rings. The number of aromatic nitrogens is 3. The molecule has 164 valence electrons. The number of benzene rings is 2. The first-order valence-electron chi connectivity index (χ1n) is 9.70. The number of nitrogens with zero attached hydrogens (tertiary/aromatic N) is 3.